The Morgan fingerprint density at radius 2 is 2.29 bits per heavy atom. The predicted molar refractivity (Wildman–Crippen MR) is 56.8 cm³/mol. The highest BCUT2D eigenvalue weighted by Crippen LogP contribution is 2.20. The monoisotopic (exact) mass is 252 g/mol. The minimum absolute atomic E-state index is 0.642. The number of halogens is 1. The Bertz CT molecular complexity index is 439. The third kappa shape index (κ3) is 1.85. The van der Waals surface area contributed by atoms with Crippen LogP contribution in [-0.4, -0.2) is 10.1 Å². The van der Waals surface area contributed by atoms with Gasteiger partial charge in [-0.05, 0) is 12.1 Å². The van der Waals surface area contributed by atoms with Gasteiger partial charge in [-0.2, -0.15) is 4.98 Å². The van der Waals surface area contributed by atoms with E-state index >= 15 is 0 Å². The van der Waals surface area contributed by atoms with E-state index in [1.165, 1.54) is 0 Å². The zero-order valence-corrected chi connectivity index (χ0v) is 9.28. The van der Waals surface area contributed by atoms with Crippen LogP contribution in [0.15, 0.2) is 33.3 Å². The van der Waals surface area contributed by atoms with E-state index < -0.39 is 0 Å². The van der Waals surface area contributed by atoms with Crippen molar-refractivity contribution in [3.05, 3.63) is 34.6 Å². The van der Waals surface area contributed by atoms with Crippen LogP contribution in [0.1, 0.15) is 12.8 Å². The van der Waals surface area contributed by atoms with Gasteiger partial charge in [-0.3, -0.25) is 0 Å². The van der Waals surface area contributed by atoms with E-state index in [-0.39, 0.29) is 0 Å². The maximum Gasteiger partial charge on any atom is 0.226 e. The van der Waals surface area contributed by atoms with Crippen molar-refractivity contribution in [2.24, 2.45) is 0 Å². The van der Waals surface area contributed by atoms with Gasteiger partial charge >= 0.3 is 0 Å². The number of hydrogen-bond acceptors (Lipinski definition) is 3. The fraction of sp³-hybridized carbons (Fsp3) is 0.200. The molecule has 3 nitrogen and oxygen atoms in total. The first-order valence-corrected chi connectivity index (χ1v) is 5.17. The van der Waals surface area contributed by atoms with Crippen molar-refractivity contribution < 1.29 is 4.52 Å². The minimum atomic E-state index is 0.642. The van der Waals surface area contributed by atoms with Crippen molar-refractivity contribution in [3.63, 3.8) is 0 Å². The Balaban J connectivity index is 2.39. The Labute approximate surface area is 90.3 Å². The fourth-order valence-corrected chi connectivity index (χ4v) is 1.54. The zero-order chi connectivity index (χ0) is 9.97. The molecule has 0 aliphatic rings. The largest absolute Gasteiger partial charge is 0.339 e. The number of benzene rings is 1. The van der Waals surface area contributed by atoms with E-state index in [9.17, 15) is 0 Å². The van der Waals surface area contributed by atoms with Crippen molar-refractivity contribution in [1.82, 2.24) is 10.1 Å². The van der Waals surface area contributed by atoms with Crippen LogP contribution in [0, 0.1) is 0 Å². The molecule has 0 saturated carbocycles. The van der Waals surface area contributed by atoms with E-state index in [0.717, 1.165) is 16.5 Å². The summed E-state index contributed by atoms with van der Waals surface area (Å²) in [5.41, 5.74) is 0.961. The summed E-state index contributed by atoms with van der Waals surface area (Å²) < 4.78 is 6.04. The number of aromatic nitrogens is 2. The van der Waals surface area contributed by atoms with Crippen LogP contribution in [0.3, 0.4) is 0 Å². The SMILES string of the molecule is CCc1nc(-c2cccc(Br)c2)no1. The molecule has 14 heavy (non-hydrogen) atoms. The summed E-state index contributed by atoms with van der Waals surface area (Å²) in [4.78, 5) is 4.24. The number of aryl methyl sites for hydroxylation is 1. The van der Waals surface area contributed by atoms with Gasteiger partial charge in [0.05, 0.1) is 0 Å². The smallest absolute Gasteiger partial charge is 0.226 e. The first-order valence-electron chi connectivity index (χ1n) is 4.38. The molecule has 0 bridgehead atoms. The maximum atomic E-state index is 5.03. The maximum absolute atomic E-state index is 5.03. The van der Waals surface area contributed by atoms with Gasteiger partial charge in [0.1, 0.15) is 0 Å². The van der Waals surface area contributed by atoms with Crippen LogP contribution in [-0.2, 0) is 6.42 Å². The second-order valence-electron chi connectivity index (χ2n) is 2.88. The van der Waals surface area contributed by atoms with Gasteiger partial charge in [0, 0.05) is 16.5 Å². The van der Waals surface area contributed by atoms with Crippen LogP contribution < -0.4 is 0 Å². The van der Waals surface area contributed by atoms with Crippen molar-refractivity contribution >= 4 is 15.9 Å². The van der Waals surface area contributed by atoms with Gasteiger partial charge < -0.3 is 4.52 Å². The molecule has 4 heteroatoms. The highest BCUT2D eigenvalue weighted by atomic mass is 79.9. The number of hydrogen-bond donors (Lipinski definition) is 0. The summed E-state index contributed by atoms with van der Waals surface area (Å²) >= 11 is 3.40. The standard InChI is InChI=1S/C10H9BrN2O/c1-2-9-12-10(13-14-9)7-4-3-5-8(11)6-7/h3-6H,2H2,1H3. The molecule has 0 aliphatic heterocycles. The van der Waals surface area contributed by atoms with Gasteiger partial charge in [0.25, 0.3) is 0 Å². The molecule has 0 saturated heterocycles. The summed E-state index contributed by atoms with van der Waals surface area (Å²) in [6, 6.07) is 7.82. The number of nitrogens with zero attached hydrogens (tertiary/aromatic N) is 2. The highest BCUT2D eigenvalue weighted by molar-refractivity contribution is 9.10. The van der Waals surface area contributed by atoms with E-state index in [4.69, 9.17) is 4.52 Å². The lowest BCUT2D eigenvalue weighted by Crippen LogP contribution is -1.81. The third-order valence-electron chi connectivity index (χ3n) is 1.85. The van der Waals surface area contributed by atoms with Gasteiger partial charge in [-0.25, -0.2) is 0 Å². The molecule has 1 heterocycles. The molecule has 0 radical (unpaired) electrons. The minimum Gasteiger partial charge on any atom is -0.339 e. The van der Waals surface area contributed by atoms with E-state index in [0.29, 0.717) is 11.7 Å². The molecule has 1 aromatic heterocycles. The molecule has 2 rings (SSSR count). The Morgan fingerprint density at radius 3 is 2.93 bits per heavy atom. The van der Waals surface area contributed by atoms with Crippen LogP contribution in [0.4, 0.5) is 0 Å². The molecule has 0 N–H and O–H groups in total. The lowest BCUT2D eigenvalue weighted by Gasteiger charge is -1.93. The van der Waals surface area contributed by atoms with Crippen molar-refractivity contribution in [1.29, 1.82) is 0 Å². The Hall–Kier alpha value is -1.16. The molecule has 0 spiro atoms. The Morgan fingerprint density at radius 1 is 1.43 bits per heavy atom. The molecule has 72 valence electrons. The van der Waals surface area contributed by atoms with Crippen molar-refractivity contribution in [2.45, 2.75) is 13.3 Å². The average molecular weight is 253 g/mol. The van der Waals surface area contributed by atoms with Crippen molar-refractivity contribution in [3.8, 4) is 11.4 Å². The first kappa shape index (κ1) is 9.40. The Kier molecular flexibility index (Phi) is 2.63. The van der Waals surface area contributed by atoms with E-state index in [1.807, 2.05) is 31.2 Å². The molecule has 0 atom stereocenters. The summed E-state index contributed by atoms with van der Waals surface area (Å²) in [7, 11) is 0. The lowest BCUT2D eigenvalue weighted by molar-refractivity contribution is 0.383. The van der Waals surface area contributed by atoms with E-state index in [2.05, 4.69) is 26.1 Å². The molecule has 0 amide bonds. The summed E-state index contributed by atoms with van der Waals surface area (Å²) in [6.07, 6.45) is 0.765. The van der Waals surface area contributed by atoms with Gasteiger partial charge in [-0.1, -0.05) is 40.1 Å². The van der Waals surface area contributed by atoms with Gasteiger partial charge in [0.2, 0.25) is 11.7 Å². The zero-order valence-electron chi connectivity index (χ0n) is 7.70. The second kappa shape index (κ2) is 3.92. The van der Waals surface area contributed by atoms with Crippen LogP contribution >= 0.6 is 15.9 Å². The highest BCUT2D eigenvalue weighted by Gasteiger charge is 2.06. The molecule has 0 unspecified atom stereocenters. The summed E-state index contributed by atoms with van der Waals surface area (Å²) in [5.74, 6) is 1.31. The van der Waals surface area contributed by atoms with Crippen LogP contribution in [0.2, 0.25) is 0 Å². The average Bonchev–Trinajstić information content (AvgIpc) is 2.66. The van der Waals surface area contributed by atoms with E-state index in [1.54, 1.807) is 0 Å². The lowest BCUT2D eigenvalue weighted by atomic mass is 10.2. The number of rotatable bonds is 2. The molecular weight excluding hydrogens is 244 g/mol. The molecule has 0 fully saturated rings. The van der Waals surface area contributed by atoms with Gasteiger partial charge in [-0.15, -0.1) is 0 Å². The first-order chi connectivity index (χ1) is 6.79. The normalized spacial score (nSPS) is 10.4. The predicted octanol–water partition coefficient (Wildman–Crippen LogP) is 3.06. The second-order valence-corrected chi connectivity index (χ2v) is 3.79. The topological polar surface area (TPSA) is 38.9 Å². The molecule has 1 aromatic carbocycles. The van der Waals surface area contributed by atoms with Crippen molar-refractivity contribution in [2.75, 3.05) is 0 Å². The quantitative estimate of drug-likeness (QED) is 0.825. The molecular formula is C10H9BrN2O. The van der Waals surface area contributed by atoms with Gasteiger partial charge in [0.15, 0.2) is 0 Å². The van der Waals surface area contributed by atoms with Crippen LogP contribution in [0.5, 0.6) is 0 Å². The molecule has 0 aliphatic carbocycles. The molecule has 2 aromatic rings. The summed E-state index contributed by atoms with van der Waals surface area (Å²) in [5, 5.41) is 3.89. The fourth-order valence-electron chi connectivity index (χ4n) is 1.14. The summed E-state index contributed by atoms with van der Waals surface area (Å²) in [6.45, 7) is 1.98. The van der Waals surface area contributed by atoms with Crippen LogP contribution in [0.25, 0.3) is 11.4 Å². The third-order valence-corrected chi connectivity index (χ3v) is 2.35.